The van der Waals surface area contributed by atoms with Crippen LogP contribution in [0.2, 0.25) is 0 Å². The normalized spacial score (nSPS) is 15.0. The van der Waals surface area contributed by atoms with E-state index in [1.165, 1.54) is 0 Å². The molecule has 0 aliphatic rings. The first-order valence-corrected chi connectivity index (χ1v) is 6.88. The third-order valence-corrected chi connectivity index (χ3v) is 3.76. The maximum absolute atomic E-state index is 6.41. The fourth-order valence-electron chi connectivity index (χ4n) is 2.01. The number of hydrogen-bond donors (Lipinski definition) is 1. The van der Waals surface area contributed by atoms with E-state index in [1.54, 1.807) is 13.3 Å². The molecule has 0 aliphatic heterocycles. The summed E-state index contributed by atoms with van der Waals surface area (Å²) in [5, 5.41) is 4.41. The van der Waals surface area contributed by atoms with Crippen molar-refractivity contribution >= 4 is 0 Å². The van der Waals surface area contributed by atoms with E-state index in [0.717, 1.165) is 24.5 Å². The largest absolute Gasteiger partial charge is 0.493 e. The Morgan fingerprint density at radius 2 is 2.00 bits per heavy atom. The van der Waals surface area contributed by atoms with Gasteiger partial charge in [0, 0.05) is 6.54 Å². The number of methoxy groups -OCH3 is 1. The minimum Gasteiger partial charge on any atom is -0.493 e. The SMILES string of the molecule is COc1cnn(CCN(C)C)c1C(N)C(C)C(C)C. The van der Waals surface area contributed by atoms with Crippen LogP contribution in [-0.2, 0) is 6.54 Å². The maximum atomic E-state index is 6.41. The Morgan fingerprint density at radius 1 is 1.37 bits per heavy atom. The molecule has 1 aromatic heterocycles. The molecule has 19 heavy (non-hydrogen) atoms. The average molecular weight is 268 g/mol. The van der Waals surface area contributed by atoms with Gasteiger partial charge in [0.15, 0.2) is 5.75 Å². The van der Waals surface area contributed by atoms with Crippen LogP contribution in [0.4, 0.5) is 0 Å². The van der Waals surface area contributed by atoms with Crippen molar-refractivity contribution in [2.75, 3.05) is 27.7 Å². The fourth-order valence-corrected chi connectivity index (χ4v) is 2.01. The van der Waals surface area contributed by atoms with Gasteiger partial charge in [-0.1, -0.05) is 20.8 Å². The van der Waals surface area contributed by atoms with E-state index in [4.69, 9.17) is 10.5 Å². The van der Waals surface area contributed by atoms with Crippen molar-refractivity contribution in [3.63, 3.8) is 0 Å². The van der Waals surface area contributed by atoms with E-state index in [0.29, 0.717) is 11.8 Å². The Labute approximate surface area is 116 Å². The number of hydrogen-bond acceptors (Lipinski definition) is 4. The smallest absolute Gasteiger partial charge is 0.161 e. The van der Waals surface area contributed by atoms with Crippen molar-refractivity contribution in [3.05, 3.63) is 11.9 Å². The molecule has 1 rings (SSSR count). The van der Waals surface area contributed by atoms with Crippen molar-refractivity contribution in [1.82, 2.24) is 14.7 Å². The van der Waals surface area contributed by atoms with E-state index in [-0.39, 0.29) is 6.04 Å². The van der Waals surface area contributed by atoms with Gasteiger partial charge >= 0.3 is 0 Å². The van der Waals surface area contributed by atoms with Crippen molar-refractivity contribution in [1.29, 1.82) is 0 Å². The highest BCUT2D eigenvalue weighted by atomic mass is 16.5. The predicted octanol–water partition coefficient (Wildman–Crippen LogP) is 1.75. The zero-order valence-corrected chi connectivity index (χ0v) is 13.1. The molecule has 0 aromatic carbocycles. The number of nitrogens with two attached hydrogens (primary N) is 1. The molecule has 5 nitrogen and oxygen atoms in total. The molecule has 0 saturated heterocycles. The molecule has 1 heterocycles. The molecule has 0 spiro atoms. The number of rotatable bonds is 7. The van der Waals surface area contributed by atoms with Crippen LogP contribution in [0.15, 0.2) is 6.20 Å². The highest BCUT2D eigenvalue weighted by Crippen LogP contribution is 2.31. The molecule has 2 atom stereocenters. The molecule has 0 radical (unpaired) electrons. The molecule has 0 amide bonds. The van der Waals surface area contributed by atoms with Crippen LogP contribution in [0.5, 0.6) is 5.75 Å². The summed E-state index contributed by atoms with van der Waals surface area (Å²) in [6.45, 7) is 8.32. The van der Waals surface area contributed by atoms with Gasteiger partial charge in [-0.15, -0.1) is 0 Å². The summed E-state index contributed by atoms with van der Waals surface area (Å²) in [4.78, 5) is 2.13. The molecular weight excluding hydrogens is 240 g/mol. The molecule has 2 unspecified atom stereocenters. The summed E-state index contributed by atoms with van der Waals surface area (Å²) in [6.07, 6.45) is 1.76. The van der Waals surface area contributed by atoms with Crippen LogP contribution in [0.1, 0.15) is 32.5 Å². The number of ether oxygens (including phenoxy) is 1. The first kappa shape index (κ1) is 16.0. The minimum absolute atomic E-state index is 0.0559. The molecule has 1 aromatic rings. The van der Waals surface area contributed by atoms with E-state index >= 15 is 0 Å². The van der Waals surface area contributed by atoms with Gasteiger partial charge in [0.05, 0.1) is 31.6 Å². The highest BCUT2D eigenvalue weighted by molar-refractivity contribution is 5.28. The third-order valence-electron chi connectivity index (χ3n) is 3.76. The number of aromatic nitrogens is 2. The molecule has 110 valence electrons. The second-order valence-corrected chi connectivity index (χ2v) is 5.75. The molecule has 0 aliphatic carbocycles. The monoisotopic (exact) mass is 268 g/mol. The van der Waals surface area contributed by atoms with Gasteiger partial charge in [0.2, 0.25) is 0 Å². The molecule has 0 saturated carbocycles. The van der Waals surface area contributed by atoms with Gasteiger partial charge in [-0.25, -0.2) is 0 Å². The lowest BCUT2D eigenvalue weighted by Crippen LogP contribution is -2.28. The van der Waals surface area contributed by atoms with E-state index in [1.807, 2.05) is 4.68 Å². The summed E-state index contributed by atoms with van der Waals surface area (Å²) in [5.74, 6) is 1.69. The van der Waals surface area contributed by atoms with Gasteiger partial charge in [-0.05, 0) is 25.9 Å². The van der Waals surface area contributed by atoms with E-state index in [9.17, 15) is 0 Å². The Morgan fingerprint density at radius 3 is 2.47 bits per heavy atom. The first-order valence-electron chi connectivity index (χ1n) is 6.88. The molecule has 2 N–H and O–H groups in total. The topological polar surface area (TPSA) is 56.3 Å². The van der Waals surface area contributed by atoms with Gasteiger partial charge in [0.1, 0.15) is 0 Å². The summed E-state index contributed by atoms with van der Waals surface area (Å²) in [7, 11) is 5.78. The second-order valence-electron chi connectivity index (χ2n) is 5.75. The summed E-state index contributed by atoms with van der Waals surface area (Å²) in [5.41, 5.74) is 7.42. The molecule has 5 heteroatoms. The van der Waals surface area contributed by atoms with E-state index in [2.05, 4.69) is 44.9 Å². The zero-order valence-electron chi connectivity index (χ0n) is 13.1. The average Bonchev–Trinajstić information content (AvgIpc) is 2.77. The lowest BCUT2D eigenvalue weighted by atomic mass is 9.89. The lowest BCUT2D eigenvalue weighted by molar-refractivity contribution is 0.312. The Hall–Kier alpha value is -1.07. The maximum Gasteiger partial charge on any atom is 0.161 e. The van der Waals surface area contributed by atoms with Crippen LogP contribution >= 0.6 is 0 Å². The Bertz CT molecular complexity index is 387. The molecular formula is C14H28N4O. The van der Waals surface area contributed by atoms with Crippen molar-refractivity contribution in [3.8, 4) is 5.75 Å². The van der Waals surface area contributed by atoms with Crippen LogP contribution < -0.4 is 10.5 Å². The summed E-state index contributed by atoms with van der Waals surface area (Å²) < 4.78 is 7.38. The van der Waals surface area contributed by atoms with Crippen molar-refractivity contribution in [2.24, 2.45) is 17.6 Å². The second kappa shape index (κ2) is 6.91. The van der Waals surface area contributed by atoms with Crippen LogP contribution in [0, 0.1) is 11.8 Å². The number of nitrogens with zero attached hydrogens (tertiary/aromatic N) is 3. The fraction of sp³-hybridized carbons (Fsp3) is 0.786. The van der Waals surface area contributed by atoms with E-state index < -0.39 is 0 Å². The van der Waals surface area contributed by atoms with Gasteiger partial charge < -0.3 is 15.4 Å². The lowest BCUT2D eigenvalue weighted by Gasteiger charge is -2.25. The predicted molar refractivity (Wildman–Crippen MR) is 78.3 cm³/mol. The van der Waals surface area contributed by atoms with Crippen molar-refractivity contribution < 1.29 is 4.74 Å². The highest BCUT2D eigenvalue weighted by Gasteiger charge is 2.25. The summed E-state index contributed by atoms with van der Waals surface area (Å²) in [6, 6.07) is -0.0559. The summed E-state index contributed by atoms with van der Waals surface area (Å²) >= 11 is 0. The van der Waals surface area contributed by atoms with Crippen LogP contribution in [-0.4, -0.2) is 42.4 Å². The van der Waals surface area contributed by atoms with Crippen LogP contribution in [0.3, 0.4) is 0 Å². The zero-order chi connectivity index (χ0) is 14.6. The quantitative estimate of drug-likeness (QED) is 0.818. The van der Waals surface area contributed by atoms with Gasteiger partial charge in [-0.2, -0.15) is 5.10 Å². The number of likely N-dealkylation sites (N-methyl/N-ethyl adjacent to an activating group) is 1. The van der Waals surface area contributed by atoms with Crippen molar-refractivity contribution in [2.45, 2.75) is 33.4 Å². The molecule has 0 fully saturated rings. The van der Waals surface area contributed by atoms with Gasteiger partial charge in [-0.3, -0.25) is 4.68 Å². The van der Waals surface area contributed by atoms with Crippen LogP contribution in [0.25, 0.3) is 0 Å². The first-order chi connectivity index (χ1) is 8.88. The third kappa shape index (κ3) is 3.94. The molecule has 0 bridgehead atoms. The standard InChI is InChI=1S/C14H28N4O/c1-10(2)11(3)13(15)14-12(19-6)9-16-18(14)8-7-17(4)5/h9-11,13H,7-8,15H2,1-6H3. The minimum atomic E-state index is -0.0559. The van der Waals surface area contributed by atoms with Gasteiger partial charge in [0.25, 0.3) is 0 Å². The Balaban J connectivity index is 2.98. The Kier molecular flexibility index (Phi) is 5.82.